The summed E-state index contributed by atoms with van der Waals surface area (Å²) in [4.78, 5) is 7.38. The minimum absolute atomic E-state index is 0.706. The molecule has 4 rings (SSSR count). The molecule has 0 aliphatic carbocycles. The lowest BCUT2D eigenvalue weighted by atomic mass is 10.1. The zero-order valence-electron chi connectivity index (χ0n) is 11.4. The van der Waals surface area contributed by atoms with Gasteiger partial charge in [-0.1, -0.05) is 0 Å². The molecule has 4 heterocycles. The van der Waals surface area contributed by atoms with E-state index >= 15 is 0 Å². The zero-order chi connectivity index (χ0) is 13.4. The van der Waals surface area contributed by atoms with Gasteiger partial charge in [0.2, 0.25) is 0 Å². The van der Waals surface area contributed by atoms with Gasteiger partial charge in [-0.2, -0.15) is 11.3 Å². The standard InChI is InChI=1S/C15H19N3S2/c1-2-13-7-18(5-3-12(1)16-13)8-14-10-20-15(17-14)11-4-6-19-9-11/h4,6,9-10,12-13,16H,1-3,5,7-8H2. The molecule has 2 aliphatic rings. The van der Waals surface area contributed by atoms with Gasteiger partial charge in [0, 0.05) is 48.0 Å². The Balaban J connectivity index is 1.44. The average Bonchev–Trinajstić information content (AvgIpc) is 3.13. The van der Waals surface area contributed by atoms with Crippen LogP contribution in [0.25, 0.3) is 10.6 Å². The number of likely N-dealkylation sites (tertiary alicyclic amines) is 1. The first kappa shape index (κ1) is 13.0. The molecule has 0 aromatic carbocycles. The van der Waals surface area contributed by atoms with Gasteiger partial charge in [-0.05, 0) is 30.7 Å². The fraction of sp³-hybridized carbons (Fsp3) is 0.533. The number of thiophene rings is 1. The molecule has 106 valence electrons. The Bertz CT molecular complexity index is 563. The first-order valence-electron chi connectivity index (χ1n) is 7.32. The summed E-state index contributed by atoms with van der Waals surface area (Å²) in [7, 11) is 0. The second-order valence-electron chi connectivity index (χ2n) is 5.82. The summed E-state index contributed by atoms with van der Waals surface area (Å²) in [6.45, 7) is 3.40. The third-order valence-electron chi connectivity index (χ3n) is 4.31. The van der Waals surface area contributed by atoms with Crippen molar-refractivity contribution in [1.29, 1.82) is 0 Å². The molecule has 2 aromatic heterocycles. The fourth-order valence-electron chi connectivity index (χ4n) is 3.29. The molecule has 1 N–H and O–H groups in total. The van der Waals surface area contributed by atoms with Crippen LogP contribution in [0, 0.1) is 0 Å². The molecular weight excluding hydrogens is 286 g/mol. The molecule has 2 saturated heterocycles. The maximum absolute atomic E-state index is 4.80. The Hall–Kier alpha value is -0.750. The van der Waals surface area contributed by atoms with Crippen molar-refractivity contribution < 1.29 is 0 Å². The molecule has 2 bridgehead atoms. The van der Waals surface area contributed by atoms with Crippen LogP contribution < -0.4 is 5.32 Å². The maximum Gasteiger partial charge on any atom is 0.124 e. The molecular formula is C15H19N3S2. The van der Waals surface area contributed by atoms with Crippen LogP contribution in [-0.2, 0) is 6.54 Å². The third kappa shape index (κ3) is 2.68. The summed E-state index contributed by atoms with van der Waals surface area (Å²) in [5, 5.41) is 11.4. The number of nitrogens with one attached hydrogen (secondary N) is 1. The van der Waals surface area contributed by atoms with Crippen LogP contribution >= 0.6 is 22.7 Å². The minimum atomic E-state index is 0.706. The lowest BCUT2D eigenvalue weighted by molar-refractivity contribution is 0.248. The van der Waals surface area contributed by atoms with E-state index in [-0.39, 0.29) is 0 Å². The Morgan fingerprint density at radius 1 is 1.25 bits per heavy atom. The molecule has 0 radical (unpaired) electrons. The number of rotatable bonds is 3. The van der Waals surface area contributed by atoms with E-state index in [1.165, 1.54) is 43.6 Å². The highest BCUT2D eigenvalue weighted by Gasteiger charge is 2.29. The summed E-state index contributed by atoms with van der Waals surface area (Å²) in [6.07, 6.45) is 4.01. The van der Waals surface area contributed by atoms with Gasteiger partial charge in [-0.3, -0.25) is 4.90 Å². The molecule has 2 aromatic rings. The predicted octanol–water partition coefficient (Wildman–Crippen LogP) is 3.20. The number of aromatic nitrogens is 1. The molecule has 0 spiro atoms. The number of hydrogen-bond donors (Lipinski definition) is 1. The summed E-state index contributed by atoms with van der Waals surface area (Å²) in [6, 6.07) is 3.63. The van der Waals surface area contributed by atoms with Gasteiger partial charge in [0.25, 0.3) is 0 Å². The van der Waals surface area contributed by atoms with E-state index in [0.29, 0.717) is 6.04 Å². The molecule has 0 amide bonds. The summed E-state index contributed by atoms with van der Waals surface area (Å²) in [5.74, 6) is 0. The normalized spacial score (nSPS) is 26.8. The Kier molecular flexibility index (Phi) is 3.60. The van der Waals surface area contributed by atoms with Gasteiger partial charge in [-0.15, -0.1) is 11.3 Å². The Labute approximate surface area is 127 Å². The van der Waals surface area contributed by atoms with Crippen LogP contribution in [0.1, 0.15) is 25.0 Å². The minimum Gasteiger partial charge on any atom is -0.310 e. The number of thiazole rings is 1. The topological polar surface area (TPSA) is 28.2 Å². The van der Waals surface area contributed by atoms with Crippen LogP contribution in [0.3, 0.4) is 0 Å². The van der Waals surface area contributed by atoms with Gasteiger partial charge in [0.15, 0.2) is 0 Å². The second-order valence-corrected chi connectivity index (χ2v) is 7.46. The van der Waals surface area contributed by atoms with Crippen molar-refractivity contribution in [2.24, 2.45) is 0 Å². The van der Waals surface area contributed by atoms with E-state index in [1.807, 2.05) is 0 Å². The van der Waals surface area contributed by atoms with Crippen molar-refractivity contribution in [3.05, 3.63) is 27.9 Å². The van der Waals surface area contributed by atoms with Crippen LogP contribution in [0.4, 0.5) is 0 Å². The highest BCUT2D eigenvalue weighted by Crippen LogP contribution is 2.27. The van der Waals surface area contributed by atoms with Gasteiger partial charge in [0.1, 0.15) is 5.01 Å². The first-order chi connectivity index (χ1) is 9.87. The lowest BCUT2D eigenvalue weighted by Gasteiger charge is -2.22. The van der Waals surface area contributed by atoms with Crippen molar-refractivity contribution in [1.82, 2.24) is 15.2 Å². The zero-order valence-corrected chi connectivity index (χ0v) is 13.1. The molecule has 5 heteroatoms. The van der Waals surface area contributed by atoms with Crippen LogP contribution in [0.5, 0.6) is 0 Å². The van der Waals surface area contributed by atoms with Crippen molar-refractivity contribution in [2.75, 3.05) is 13.1 Å². The maximum atomic E-state index is 4.80. The smallest absolute Gasteiger partial charge is 0.124 e. The van der Waals surface area contributed by atoms with Gasteiger partial charge in [-0.25, -0.2) is 4.98 Å². The number of nitrogens with zero attached hydrogens (tertiary/aromatic N) is 2. The monoisotopic (exact) mass is 305 g/mol. The molecule has 20 heavy (non-hydrogen) atoms. The summed E-state index contributed by atoms with van der Waals surface area (Å²) < 4.78 is 0. The average molecular weight is 305 g/mol. The van der Waals surface area contributed by atoms with Crippen LogP contribution in [-0.4, -0.2) is 35.1 Å². The summed E-state index contributed by atoms with van der Waals surface area (Å²) >= 11 is 3.51. The van der Waals surface area contributed by atoms with Crippen molar-refractivity contribution in [2.45, 2.75) is 37.9 Å². The van der Waals surface area contributed by atoms with Crippen molar-refractivity contribution in [3.63, 3.8) is 0 Å². The fourth-order valence-corrected chi connectivity index (χ4v) is 4.81. The summed E-state index contributed by atoms with van der Waals surface area (Å²) in [5.41, 5.74) is 2.50. The van der Waals surface area contributed by atoms with E-state index in [9.17, 15) is 0 Å². The van der Waals surface area contributed by atoms with Gasteiger partial charge in [0.05, 0.1) is 5.69 Å². The molecule has 0 saturated carbocycles. The van der Waals surface area contributed by atoms with E-state index in [4.69, 9.17) is 4.98 Å². The van der Waals surface area contributed by atoms with Crippen LogP contribution in [0.2, 0.25) is 0 Å². The quantitative estimate of drug-likeness (QED) is 0.944. The van der Waals surface area contributed by atoms with E-state index < -0.39 is 0 Å². The Morgan fingerprint density at radius 2 is 2.20 bits per heavy atom. The van der Waals surface area contributed by atoms with E-state index in [2.05, 4.69) is 32.4 Å². The molecule has 2 atom stereocenters. The predicted molar refractivity (Wildman–Crippen MR) is 85.3 cm³/mol. The van der Waals surface area contributed by atoms with Gasteiger partial charge >= 0.3 is 0 Å². The largest absolute Gasteiger partial charge is 0.310 e. The first-order valence-corrected chi connectivity index (χ1v) is 9.14. The molecule has 2 fully saturated rings. The SMILES string of the molecule is c1cc(-c2nc(CN3CCC4CCC(C3)N4)cs2)cs1. The highest BCUT2D eigenvalue weighted by atomic mass is 32.1. The molecule has 2 aliphatic heterocycles. The van der Waals surface area contributed by atoms with Crippen molar-refractivity contribution in [3.8, 4) is 10.6 Å². The molecule has 3 nitrogen and oxygen atoms in total. The van der Waals surface area contributed by atoms with E-state index in [0.717, 1.165) is 17.6 Å². The van der Waals surface area contributed by atoms with Crippen LogP contribution in [0.15, 0.2) is 22.2 Å². The number of fused-ring (bicyclic) bond motifs is 2. The van der Waals surface area contributed by atoms with E-state index in [1.54, 1.807) is 22.7 Å². The second kappa shape index (κ2) is 5.56. The number of hydrogen-bond acceptors (Lipinski definition) is 5. The molecule has 2 unspecified atom stereocenters. The highest BCUT2D eigenvalue weighted by molar-refractivity contribution is 7.14. The van der Waals surface area contributed by atoms with Gasteiger partial charge < -0.3 is 5.32 Å². The lowest BCUT2D eigenvalue weighted by Crippen LogP contribution is -2.35. The van der Waals surface area contributed by atoms with Crippen molar-refractivity contribution >= 4 is 22.7 Å². The third-order valence-corrected chi connectivity index (χ3v) is 5.94. The Morgan fingerprint density at radius 3 is 3.10 bits per heavy atom.